The largest absolute Gasteiger partial charge is 0.482 e. The maximum absolute atomic E-state index is 12.3. The van der Waals surface area contributed by atoms with Crippen LogP contribution in [0.3, 0.4) is 0 Å². The SMILES string of the molecule is Cc1cc(C)c(OCC(=O)Nc2ccc(N3CCC(C)CC3)c(Cl)c2)c(Br)c1. The molecule has 0 bridgehead atoms. The van der Waals surface area contributed by atoms with Gasteiger partial charge in [-0.15, -0.1) is 0 Å². The second-order valence-corrected chi connectivity index (χ2v) is 8.83. The number of amides is 1. The van der Waals surface area contributed by atoms with Crippen LogP contribution in [0.1, 0.15) is 30.9 Å². The third-order valence-electron chi connectivity index (χ3n) is 5.08. The maximum atomic E-state index is 12.3. The van der Waals surface area contributed by atoms with E-state index in [1.54, 1.807) is 6.07 Å². The topological polar surface area (TPSA) is 41.6 Å². The van der Waals surface area contributed by atoms with Gasteiger partial charge in [-0.05, 0) is 83.9 Å². The first-order valence-corrected chi connectivity index (χ1v) is 10.7. The number of anilines is 2. The van der Waals surface area contributed by atoms with Crippen molar-refractivity contribution < 1.29 is 9.53 Å². The molecule has 0 radical (unpaired) electrons. The molecule has 1 amide bonds. The Kier molecular flexibility index (Phi) is 6.89. The van der Waals surface area contributed by atoms with Gasteiger partial charge in [0.15, 0.2) is 6.61 Å². The lowest BCUT2D eigenvalue weighted by atomic mass is 9.99. The molecule has 0 aliphatic carbocycles. The van der Waals surface area contributed by atoms with Gasteiger partial charge in [0.1, 0.15) is 5.75 Å². The number of nitrogens with zero attached hydrogens (tertiary/aromatic N) is 1. The number of carbonyl (C=O) groups excluding carboxylic acids is 1. The van der Waals surface area contributed by atoms with Crippen LogP contribution in [0.5, 0.6) is 5.75 Å². The molecule has 0 saturated carbocycles. The van der Waals surface area contributed by atoms with Gasteiger partial charge >= 0.3 is 0 Å². The molecule has 0 unspecified atom stereocenters. The van der Waals surface area contributed by atoms with E-state index in [0.29, 0.717) is 16.5 Å². The van der Waals surface area contributed by atoms with Crippen LogP contribution >= 0.6 is 27.5 Å². The Morgan fingerprint density at radius 1 is 1.25 bits per heavy atom. The molecular weight excluding hydrogens is 440 g/mol. The summed E-state index contributed by atoms with van der Waals surface area (Å²) in [5.74, 6) is 1.24. The number of halogens is 2. The first-order valence-electron chi connectivity index (χ1n) is 9.57. The molecule has 3 rings (SSSR count). The Morgan fingerprint density at radius 3 is 2.61 bits per heavy atom. The predicted octanol–water partition coefficient (Wildman–Crippen LogP) is 5.97. The normalized spacial score (nSPS) is 14.8. The molecule has 150 valence electrons. The quantitative estimate of drug-likeness (QED) is 0.591. The van der Waals surface area contributed by atoms with Crippen LogP contribution in [0.2, 0.25) is 5.02 Å². The first-order chi connectivity index (χ1) is 13.3. The fourth-order valence-corrected chi connectivity index (χ4v) is 4.60. The fraction of sp³-hybridized carbons (Fsp3) is 0.409. The van der Waals surface area contributed by atoms with Gasteiger partial charge in [0.25, 0.3) is 5.91 Å². The number of hydrogen-bond acceptors (Lipinski definition) is 3. The van der Waals surface area contributed by atoms with E-state index >= 15 is 0 Å². The van der Waals surface area contributed by atoms with Crippen molar-refractivity contribution in [3.05, 3.63) is 51.0 Å². The summed E-state index contributed by atoms with van der Waals surface area (Å²) in [6, 6.07) is 9.68. The lowest BCUT2D eigenvalue weighted by molar-refractivity contribution is -0.118. The zero-order valence-corrected chi connectivity index (χ0v) is 18.9. The lowest BCUT2D eigenvalue weighted by Crippen LogP contribution is -2.32. The van der Waals surface area contributed by atoms with Gasteiger partial charge in [0, 0.05) is 18.8 Å². The average molecular weight is 466 g/mol. The van der Waals surface area contributed by atoms with Crippen LogP contribution in [0.4, 0.5) is 11.4 Å². The summed E-state index contributed by atoms with van der Waals surface area (Å²) in [7, 11) is 0. The van der Waals surface area contributed by atoms with E-state index in [2.05, 4.69) is 33.1 Å². The van der Waals surface area contributed by atoms with Crippen molar-refractivity contribution in [2.75, 3.05) is 29.9 Å². The molecule has 0 spiro atoms. The molecule has 0 atom stereocenters. The highest BCUT2D eigenvalue weighted by molar-refractivity contribution is 9.10. The average Bonchev–Trinajstić information content (AvgIpc) is 2.62. The summed E-state index contributed by atoms with van der Waals surface area (Å²) >= 11 is 9.98. The number of carbonyl (C=O) groups is 1. The molecule has 2 aromatic rings. The molecule has 4 nitrogen and oxygen atoms in total. The maximum Gasteiger partial charge on any atom is 0.262 e. The van der Waals surface area contributed by atoms with Crippen LogP contribution in [0.15, 0.2) is 34.8 Å². The van der Waals surface area contributed by atoms with Gasteiger partial charge < -0.3 is 15.0 Å². The summed E-state index contributed by atoms with van der Waals surface area (Å²) < 4.78 is 6.56. The minimum Gasteiger partial charge on any atom is -0.482 e. The third kappa shape index (κ3) is 5.21. The van der Waals surface area contributed by atoms with Crippen LogP contribution in [0, 0.1) is 19.8 Å². The molecule has 1 N–H and O–H groups in total. The number of rotatable bonds is 5. The zero-order valence-electron chi connectivity index (χ0n) is 16.5. The Balaban J connectivity index is 1.59. The Morgan fingerprint density at radius 2 is 1.96 bits per heavy atom. The minimum absolute atomic E-state index is 0.0636. The van der Waals surface area contributed by atoms with E-state index in [0.717, 1.165) is 40.3 Å². The van der Waals surface area contributed by atoms with Gasteiger partial charge in [0.2, 0.25) is 0 Å². The summed E-state index contributed by atoms with van der Waals surface area (Å²) in [6.07, 6.45) is 2.36. The first kappa shape index (κ1) is 21.0. The van der Waals surface area contributed by atoms with E-state index in [1.165, 1.54) is 12.8 Å². The van der Waals surface area contributed by atoms with Gasteiger partial charge in [-0.3, -0.25) is 4.79 Å². The van der Waals surface area contributed by atoms with Crippen molar-refractivity contribution in [3.8, 4) is 5.75 Å². The monoisotopic (exact) mass is 464 g/mol. The van der Waals surface area contributed by atoms with Crippen LogP contribution in [-0.4, -0.2) is 25.6 Å². The lowest BCUT2D eigenvalue weighted by Gasteiger charge is -2.32. The van der Waals surface area contributed by atoms with E-state index in [1.807, 2.05) is 38.1 Å². The van der Waals surface area contributed by atoms with Gasteiger partial charge in [0.05, 0.1) is 15.2 Å². The second-order valence-electron chi connectivity index (χ2n) is 7.57. The van der Waals surface area contributed by atoms with Crippen molar-refractivity contribution in [1.29, 1.82) is 0 Å². The van der Waals surface area contributed by atoms with Crippen molar-refractivity contribution in [3.63, 3.8) is 0 Å². The Labute approximate surface area is 180 Å². The minimum atomic E-state index is -0.220. The van der Waals surface area contributed by atoms with Crippen LogP contribution in [-0.2, 0) is 4.79 Å². The van der Waals surface area contributed by atoms with Crippen molar-refractivity contribution in [1.82, 2.24) is 0 Å². The molecule has 1 aliphatic rings. The van der Waals surface area contributed by atoms with E-state index in [4.69, 9.17) is 16.3 Å². The number of nitrogens with one attached hydrogen (secondary N) is 1. The predicted molar refractivity (Wildman–Crippen MR) is 120 cm³/mol. The summed E-state index contributed by atoms with van der Waals surface area (Å²) in [4.78, 5) is 14.6. The fourth-order valence-electron chi connectivity index (χ4n) is 3.51. The highest BCUT2D eigenvalue weighted by atomic mass is 79.9. The molecule has 1 fully saturated rings. The van der Waals surface area contributed by atoms with Crippen molar-refractivity contribution in [2.24, 2.45) is 5.92 Å². The van der Waals surface area contributed by atoms with Gasteiger partial charge in [-0.2, -0.15) is 0 Å². The number of ether oxygens (including phenoxy) is 1. The highest BCUT2D eigenvalue weighted by Gasteiger charge is 2.18. The van der Waals surface area contributed by atoms with Crippen LogP contribution < -0.4 is 15.0 Å². The van der Waals surface area contributed by atoms with E-state index < -0.39 is 0 Å². The smallest absolute Gasteiger partial charge is 0.262 e. The number of aryl methyl sites for hydroxylation is 2. The summed E-state index contributed by atoms with van der Waals surface area (Å²) in [6.45, 7) is 8.25. The number of benzene rings is 2. The standard InChI is InChI=1S/C22H26BrClN2O2/c1-14-6-8-26(9-7-14)20-5-4-17(12-19(20)24)25-21(27)13-28-22-16(3)10-15(2)11-18(22)23/h4-5,10-12,14H,6-9,13H2,1-3H3,(H,25,27). The van der Waals surface area contributed by atoms with Gasteiger partial charge in [-0.25, -0.2) is 0 Å². The molecular formula is C22H26BrClN2O2. The van der Waals surface area contributed by atoms with E-state index in [9.17, 15) is 4.79 Å². The summed E-state index contributed by atoms with van der Waals surface area (Å²) in [5, 5.41) is 3.52. The van der Waals surface area contributed by atoms with E-state index in [-0.39, 0.29) is 12.5 Å². The number of hydrogen-bond donors (Lipinski definition) is 1. The molecule has 1 aliphatic heterocycles. The Bertz CT molecular complexity index is 841. The third-order valence-corrected chi connectivity index (χ3v) is 5.97. The van der Waals surface area contributed by atoms with Gasteiger partial charge in [-0.1, -0.05) is 24.6 Å². The highest BCUT2D eigenvalue weighted by Crippen LogP contribution is 2.32. The molecule has 6 heteroatoms. The second kappa shape index (κ2) is 9.19. The van der Waals surface area contributed by atoms with Crippen molar-refractivity contribution >= 4 is 44.8 Å². The molecule has 0 aromatic heterocycles. The molecule has 1 saturated heterocycles. The Hall–Kier alpha value is -1.72. The molecule has 2 aromatic carbocycles. The molecule has 28 heavy (non-hydrogen) atoms. The van der Waals surface area contributed by atoms with Crippen molar-refractivity contribution in [2.45, 2.75) is 33.6 Å². The zero-order chi connectivity index (χ0) is 20.3. The number of piperidine rings is 1. The molecule has 1 heterocycles. The summed E-state index contributed by atoms with van der Waals surface area (Å²) in [5.41, 5.74) is 3.83. The van der Waals surface area contributed by atoms with Crippen LogP contribution in [0.25, 0.3) is 0 Å².